The molecular weight excluding hydrogens is 667 g/mol. The van der Waals surface area contributed by atoms with Crippen molar-refractivity contribution in [3.05, 3.63) is 107 Å². The molecule has 3 saturated carbocycles. The molecule has 6 nitrogen and oxygen atoms in total. The highest BCUT2D eigenvalue weighted by Crippen LogP contribution is 2.78. The van der Waals surface area contributed by atoms with Gasteiger partial charge in [-0.3, -0.25) is 4.79 Å². The van der Waals surface area contributed by atoms with Crippen molar-refractivity contribution in [3.8, 4) is 0 Å². The van der Waals surface area contributed by atoms with Gasteiger partial charge < -0.3 is 19.8 Å². The zero-order chi connectivity index (χ0) is 36.1. The van der Waals surface area contributed by atoms with E-state index >= 15 is 4.79 Å². The fourth-order valence-corrected chi connectivity index (χ4v) is 13.2. The van der Waals surface area contributed by atoms with Gasteiger partial charge in [0.05, 0.1) is 29.7 Å². The molecule has 0 saturated heterocycles. The van der Waals surface area contributed by atoms with Gasteiger partial charge in [-0.15, -0.1) is 11.3 Å². The number of carbonyl (C=O) groups excluding carboxylic acids is 2. The number of thiophene rings is 1. The Bertz CT molecular complexity index is 2130. The molecule has 8 atom stereocenters. The lowest BCUT2D eigenvalue weighted by atomic mass is 9.32. The predicted molar refractivity (Wildman–Crippen MR) is 206 cm³/mol. The molecule has 2 spiro atoms. The summed E-state index contributed by atoms with van der Waals surface area (Å²) in [7, 11) is 0. The highest BCUT2D eigenvalue weighted by molar-refractivity contribution is 7.21. The van der Waals surface area contributed by atoms with Crippen molar-refractivity contribution in [2.45, 2.75) is 84.0 Å². The first-order valence-electron chi connectivity index (χ1n) is 19.2. The minimum atomic E-state index is -1.19. The van der Waals surface area contributed by atoms with Crippen molar-refractivity contribution in [2.75, 3.05) is 13.2 Å². The largest absolute Gasteiger partial charge is 0.450 e. The van der Waals surface area contributed by atoms with E-state index in [1.54, 1.807) is 16.2 Å². The average molecular weight is 716 g/mol. The van der Waals surface area contributed by atoms with Crippen LogP contribution in [0.25, 0.3) is 20.9 Å². The van der Waals surface area contributed by atoms with Gasteiger partial charge in [0.25, 0.3) is 0 Å². The van der Waals surface area contributed by atoms with Crippen molar-refractivity contribution in [1.29, 1.82) is 0 Å². The Hall–Kier alpha value is -3.78. The molecule has 2 bridgehead atoms. The fraction of sp³-hybridized carbons (Fsp3) is 0.467. The second-order valence-electron chi connectivity index (χ2n) is 17.0. The second-order valence-corrected chi connectivity index (χ2v) is 18.1. The Labute approximate surface area is 310 Å². The zero-order valence-electron chi connectivity index (χ0n) is 30.4. The molecule has 1 amide bonds. The molecule has 0 radical (unpaired) electrons. The van der Waals surface area contributed by atoms with Gasteiger partial charge in [0.2, 0.25) is 0 Å². The molecule has 3 fully saturated rings. The lowest BCUT2D eigenvalue weighted by Crippen LogP contribution is -2.67. The van der Waals surface area contributed by atoms with Crippen molar-refractivity contribution in [3.63, 3.8) is 0 Å². The number of carbonyl (C=O) groups is 2. The molecular formula is C45H49NO5S. The fourth-order valence-electron chi connectivity index (χ4n) is 12.2. The average Bonchev–Trinajstić information content (AvgIpc) is 3.69. The molecule has 7 heteroatoms. The molecule has 3 aromatic carbocycles. The van der Waals surface area contributed by atoms with Gasteiger partial charge in [0, 0.05) is 33.1 Å². The summed E-state index contributed by atoms with van der Waals surface area (Å²) in [6.07, 6.45) is 11.4. The monoisotopic (exact) mass is 715 g/mol. The third-order valence-corrected chi connectivity index (χ3v) is 15.9. The van der Waals surface area contributed by atoms with Gasteiger partial charge >= 0.3 is 6.09 Å². The maximum absolute atomic E-state index is 15.1. The summed E-state index contributed by atoms with van der Waals surface area (Å²) < 4.78 is 6.74. The lowest BCUT2D eigenvalue weighted by molar-refractivity contribution is -0.175. The quantitative estimate of drug-likeness (QED) is 0.147. The van der Waals surface area contributed by atoms with Crippen LogP contribution in [-0.4, -0.2) is 51.8 Å². The van der Waals surface area contributed by atoms with Crippen molar-refractivity contribution < 1.29 is 24.5 Å². The van der Waals surface area contributed by atoms with Crippen LogP contribution in [-0.2, 0) is 11.3 Å². The van der Waals surface area contributed by atoms with Gasteiger partial charge in [-0.2, -0.15) is 0 Å². The van der Waals surface area contributed by atoms with Crippen molar-refractivity contribution in [1.82, 2.24) is 4.90 Å². The van der Waals surface area contributed by atoms with E-state index in [9.17, 15) is 15.0 Å². The number of hydrogen-bond acceptors (Lipinski definition) is 6. The number of benzene rings is 3. The van der Waals surface area contributed by atoms with Crippen LogP contribution >= 0.6 is 11.3 Å². The minimum absolute atomic E-state index is 0.00634. The Morgan fingerprint density at radius 2 is 1.60 bits per heavy atom. The summed E-state index contributed by atoms with van der Waals surface area (Å²) in [6.45, 7) is 7.20. The van der Waals surface area contributed by atoms with Crippen LogP contribution in [0.3, 0.4) is 0 Å². The number of ketones is 1. The molecule has 270 valence electrons. The van der Waals surface area contributed by atoms with E-state index in [1.165, 1.54) is 0 Å². The second kappa shape index (κ2) is 11.9. The summed E-state index contributed by atoms with van der Waals surface area (Å²) >= 11 is 1.56. The van der Waals surface area contributed by atoms with E-state index < -0.39 is 28.6 Å². The molecule has 1 unspecified atom stereocenters. The summed E-state index contributed by atoms with van der Waals surface area (Å²) in [6, 6.07) is 24.6. The molecule has 2 N–H and O–H groups in total. The van der Waals surface area contributed by atoms with Crippen molar-refractivity contribution in [2.24, 2.45) is 33.5 Å². The number of rotatable bonds is 7. The first-order valence-corrected chi connectivity index (χ1v) is 20.0. The number of fused-ring (bicyclic) bond motifs is 3. The van der Waals surface area contributed by atoms with Gasteiger partial charge in [0.15, 0.2) is 5.78 Å². The number of Topliss-reactive ketones (excluding diaryl/α,β-unsaturated/α-hetero) is 1. The molecule has 6 aliphatic rings. The predicted octanol–water partition coefficient (Wildman–Crippen LogP) is 9.49. The van der Waals surface area contributed by atoms with E-state index in [0.29, 0.717) is 19.4 Å². The first-order chi connectivity index (χ1) is 25.0. The minimum Gasteiger partial charge on any atom is -0.450 e. The summed E-state index contributed by atoms with van der Waals surface area (Å²) in [4.78, 5) is 31.3. The molecule has 0 aliphatic heterocycles. The Morgan fingerprint density at radius 1 is 0.885 bits per heavy atom. The van der Waals surface area contributed by atoms with E-state index in [1.807, 2.05) is 43.3 Å². The molecule has 6 aliphatic carbocycles. The lowest BCUT2D eigenvalue weighted by Gasteiger charge is -2.71. The van der Waals surface area contributed by atoms with E-state index in [2.05, 4.69) is 68.5 Å². The number of ether oxygens (including phenoxy) is 1. The van der Waals surface area contributed by atoms with Gasteiger partial charge in [0.1, 0.15) is 0 Å². The topological polar surface area (TPSA) is 87.1 Å². The third-order valence-electron chi connectivity index (χ3n) is 14.8. The molecule has 1 heterocycles. The number of aliphatic hydroxyl groups is 2. The Kier molecular flexibility index (Phi) is 7.76. The highest BCUT2D eigenvalue weighted by atomic mass is 32.1. The normalized spacial score (nSPS) is 35.9. The van der Waals surface area contributed by atoms with Crippen LogP contribution < -0.4 is 0 Å². The van der Waals surface area contributed by atoms with Crippen LogP contribution in [0.4, 0.5) is 4.79 Å². The Balaban J connectivity index is 1.13. The van der Waals surface area contributed by atoms with Crippen LogP contribution in [0.2, 0.25) is 0 Å². The van der Waals surface area contributed by atoms with Gasteiger partial charge in [-0.25, -0.2) is 4.79 Å². The number of hydrogen-bond donors (Lipinski definition) is 2. The number of allylic oxidation sites excluding steroid dienone is 4. The number of nitrogens with zero attached hydrogens (tertiary/aromatic N) is 1. The maximum Gasteiger partial charge on any atom is 0.410 e. The molecule has 10 rings (SSSR count). The number of aliphatic hydroxyl groups excluding tert-OH is 1. The number of amides is 1. The van der Waals surface area contributed by atoms with Crippen LogP contribution in [0.1, 0.15) is 81.0 Å². The standard InChI is InChI=1S/C45H49NO5S/c1-4-51-40(49)46(27-31-13-9-12-29-10-5-7-14-33(29)31)28-44(50)21-18-38-42(44,3)20-17-37-41(2)19-16-32(47)25-43(41)22-23-45(37,38)34(26-43)39(48)36-24-30-11-6-8-15-35(30)52-36/h5-15,22-24,26,32,37-38,47,50H,4,16-21,25,27-28H2,1-3H3/t32?,37-,38-,41-,42+,43+,44-,45-/m1/s1. The SMILES string of the molecule is CCOC(=O)N(Cc1cccc2ccccc12)C[C@]1(O)CC[C@H]2[C@]34C=C[C@@]5(C=C3C(=O)c3cc6ccccc6s3)CC(O)CC[C@]5(C)[C@H]4CC[C@@]21C. The Morgan fingerprint density at radius 3 is 2.40 bits per heavy atom. The van der Waals surface area contributed by atoms with E-state index in [-0.39, 0.29) is 41.6 Å². The summed E-state index contributed by atoms with van der Waals surface area (Å²) in [5, 5.41) is 27.4. The van der Waals surface area contributed by atoms with E-state index in [4.69, 9.17) is 4.74 Å². The van der Waals surface area contributed by atoms with Gasteiger partial charge in [-0.05, 0) is 103 Å². The van der Waals surface area contributed by atoms with Crippen LogP contribution in [0.15, 0.2) is 96.6 Å². The first kappa shape index (κ1) is 34.0. The summed E-state index contributed by atoms with van der Waals surface area (Å²) in [5.41, 5.74) is -0.950. The van der Waals surface area contributed by atoms with Crippen molar-refractivity contribution >= 4 is 44.1 Å². The van der Waals surface area contributed by atoms with Crippen LogP contribution in [0.5, 0.6) is 0 Å². The smallest absolute Gasteiger partial charge is 0.410 e. The zero-order valence-corrected chi connectivity index (χ0v) is 31.3. The molecule has 1 aromatic heterocycles. The van der Waals surface area contributed by atoms with Crippen LogP contribution in [0, 0.1) is 33.5 Å². The maximum atomic E-state index is 15.1. The van der Waals surface area contributed by atoms with Gasteiger partial charge in [-0.1, -0.05) is 92.7 Å². The highest BCUT2D eigenvalue weighted by Gasteiger charge is 2.74. The summed E-state index contributed by atoms with van der Waals surface area (Å²) in [5.74, 6) is 0.280. The third kappa shape index (κ3) is 4.61. The molecule has 4 aromatic rings. The van der Waals surface area contributed by atoms with E-state index in [0.717, 1.165) is 69.0 Å². The molecule has 52 heavy (non-hydrogen) atoms.